The van der Waals surface area contributed by atoms with Crippen LogP contribution in [0.4, 0.5) is 5.13 Å². The van der Waals surface area contributed by atoms with Gasteiger partial charge in [0.25, 0.3) is 0 Å². The Balaban J connectivity index is 1.85. The van der Waals surface area contributed by atoms with Crippen LogP contribution in [-0.4, -0.2) is 11.5 Å². The molecule has 17 heavy (non-hydrogen) atoms. The first kappa shape index (κ1) is 11.6. The summed E-state index contributed by atoms with van der Waals surface area (Å²) in [5.41, 5.74) is 2.60. The van der Waals surface area contributed by atoms with Gasteiger partial charge in [-0.3, -0.25) is 0 Å². The Bertz CT molecular complexity index is 540. The van der Waals surface area contributed by atoms with Crippen LogP contribution in [0.1, 0.15) is 16.0 Å². The third-order valence-corrected chi connectivity index (χ3v) is 3.25. The van der Waals surface area contributed by atoms with E-state index in [0.29, 0.717) is 4.88 Å². The van der Waals surface area contributed by atoms with E-state index in [2.05, 4.69) is 47.6 Å². The van der Waals surface area contributed by atoms with Crippen LogP contribution in [0.25, 0.3) is 0 Å². The average molecular weight is 243 g/mol. The number of nitrogens with zero attached hydrogens (tertiary/aromatic N) is 2. The SMILES string of the molecule is Cc1cccc(CCNc2ncc(C#N)s2)c1. The molecule has 0 radical (unpaired) electrons. The predicted octanol–water partition coefficient (Wildman–Crippen LogP) is 2.98. The van der Waals surface area contributed by atoms with Crippen LogP contribution in [0.15, 0.2) is 30.5 Å². The summed E-state index contributed by atoms with van der Waals surface area (Å²) in [6.45, 7) is 2.93. The van der Waals surface area contributed by atoms with Crippen LogP contribution in [-0.2, 0) is 6.42 Å². The molecule has 1 aromatic carbocycles. The molecular weight excluding hydrogens is 230 g/mol. The van der Waals surface area contributed by atoms with Crippen LogP contribution in [0, 0.1) is 18.3 Å². The number of nitriles is 1. The summed E-state index contributed by atoms with van der Waals surface area (Å²) in [4.78, 5) is 4.76. The maximum Gasteiger partial charge on any atom is 0.183 e. The number of aromatic nitrogens is 1. The lowest BCUT2D eigenvalue weighted by Crippen LogP contribution is -2.04. The molecule has 86 valence electrons. The van der Waals surface area contributed by atoms with E-state index >= 15 is 0 Å². The van der Waals surface area contributed by atoms with E-state index in [1.807, 2.05) is 0 Å². The van der Waals surface area contributed by atoms with E-state index in [1.165, 1.54) is 22.5 Å². The molecule has 0 aliphatic rings. The fourth-order valence-corrected chi connectivity index (χ4v) is 2.23. The van der Waals surface area contributed by atoms with Crippen molar-refractivity contribution in [2.75, 3.05) is 11.9 Å². The smallest absolute Gasteiger partial charge is 0.183 e. The summed E-state index contributed by atoms with van der Waals surface area (Å²) in [6, 6.07) is 10.6. The molecule has 3 nitrogen and oxygen atoms in total. The standard InChI is InChI=1S/C13H13N3S/c1-10-3-2-4-11(7-10)5-6-15-13-16-9-12(8-14)17-13/h2-4,7,9H,5-6H2,1H3,(H,15,16). The number of thiazole rings is 1. The molecular formula is C13H13N3S. The van der Waals surface area contributed by atoms with Crippen molar-refractivity contribution >= 4 is 16.5 Å². The fraction of sp³-hybridized carbons (Fsp3) is 0.231. The molecule has 4 heteroatoms. The van der Waals surface area contributed by atoms with Gasteiger partial charge in [0.2, 0.25) is 0 Å². The first-order valence-corrected chi connectivity index (χ1v) is 6.25. The average Bonchev–Trinajstić information content (AvgIpc) is 2.77. The number of hydrogen-bond donors (Lipinski definition) is 1. The molecule has 1 heterocycles. The van der Waals surface area contributed by atoms with Crippen molar-refractivity contribution in [2.24, 2.45) is 0 Å². The lowest BCUT2D eigenvalue weighted by molar-refractivity contribution is 1.01. The van der Waals surface area contributed by atoms with Crippen molar-refractivity contribution in [3.05, 3.63) is 46.5 Å². The molecule has 0 saturated carbocycles. The van der Waals surface area contributed by atoms with E-state index in [4.69, 9.17) is 5.26 Å². The molecule has 1 N–H and O–H groups in total. The van der Waals surface area contributed by atoms with Crippen molar-refractivity contribution in [3.8, 4) is 6.07 Å². The molecule has 0 amide bonds. The van der Waals surface area contributed by atoms with Gasteiger partial charge in [-0.1, -0.05) is 41.2 Å². The molecule has 0 bridgehead atoms. The van der Waals surface area contributed by atoms with Crippen molar-refractivity contribution in [1.82, 2.24) is 4.98 Å². The van der Waals surface area contributed by atoms with Crippen LogP contribution >= 0.6 is 11.3 Å². The maximum absolute atomic E-state index is 8.68. The highest BCUT2D eigenvalue weighted by atomic mass is 32.1. The zero-order valence-corrected chi connectivity index (χ0v) is 10.4. The lowest BCUT2D eigenvalue weighted by Gasteiger charge is -2.03. The molecule has 0 aliphatic carbocycles. The number of hydrogen-bond acceptors (Lipinski definition) is 4. The molecule has 2 rings (SSSR count). The Morgan fingerprint density at radius 3 is 3.06 bits per heavy atom. The van der Waals surface area contributed by atoms with Gasteiger partial charge in [-0.2, -0.15) is 5.26 Å². The molecule has 0 aliphatic heterocycles. The van der Waals surface area contributed by atoms with Gasteiger partial charge in [-0.25, -0.2) is 4.98 Å². The van der Waals surface area contributed by atoms with Crippen molar-refractivity contribution in [2.45, 2.75) is 13.3 Å². The van der Waals surface area contributed by atoms with Crippen LogP contribution < -0.4 is 5.32 Å². The Labute approximate surface area is 105 Å². The topological polar surface area (TPSA) is 48.7 Å². The third-order valence-electron chi connectivity index (χ3n) is 2.39. The molecule has 0 fully saturated rings. The van der Waals surface area contributed by atoms with Crippen molar-refractivity contribution < 1.29 is 0 Å². The van der Waals surface area contributed by atoms with Gasteiger partial charge in [0.1, 0.15) is 10.9 Å². The summed E-state index contributed by atoms with van der Waals surface area (Å²) in [7, 11) is 0. The second-order valence-electron chi connectivity index (χ2n) is 3.81. The number of nitrogens with one attached hydrogen (secondary N) is 1. The molecule has 1 aromatic heterocycles. The molecule has 0 atom stereocenters. The van der Waals surface area contributed by atoms with Crippen LogP contribution in [0.3, 0.4) is 0 Å². The highest BCUT2D eigenvalue weighted by molar-refractivity contribution is 7.16. The molecule has 0 saturated heterocycles. The lowest BCUT2D eigenvalue weighted by atomic mass is 10.1. The zero-order chi connectivity index (χ0) is 12.1. The van der Waals surface area contributed by atoms with Gasteiger partial charge in [0.15, 0.2) is 5.13 Å². The Hall–Kier alpha value is -1.86. The van der Waals surface area contributed by atoms with E-state index in [9.17, 15) is 0 Å². The van der Waals surface area contributed by atoms with Gasteiger partial charge in [-0.05, 0) is 18.9 Å². The first-order chi connectivity index (χ1) is 8.28. The predicted molar refractivity (Wildman–Crippen MR) is 70.2 cm³/mol. The minimum atomic E-state index is 0.642. The van der Waals surface area contributed by atoms with Gasteiger partial charge < -0.3 is 5.32 Å². The minimum Gasteiger partial charge on any atom is -0.361 e. The minimum absolute atomic E-state index is 0.642. The highest BCUT2D eigenvalue weighted by Gasteiger charge is 2.00. The van der Waals surface area contributed by atoms with E-state index in [1.54, 1.807) is 6.20 Å². The normalized spacial score (nSPS) is 9.88. The van der Waals surface area contributed by atoms with E-state index in [0.717, 1.165) is 18.1 Å². The summed E-state index contributed by atoms with van der Waals surface area (Å²) >= 11 is 1.39. The highest BCUT2D eigenvalue weighted by Crippen LogP contribution is 2.16. The summed E-state index contributed by atoms with van der Waals surface area (Å²) in [5, 5.41) is 12.7. The second-order valence-corrected chi connectivity index (χ2v) is 4.84. The quantitative estimate of drug-likeness (QED) is 0.898. The monoisotopic (exact) mass is 243 g/mol. The van der Waals surface area contributed by atoms with Gasteiger partial charge in [-0.15, -0.1) is 0 Å². The molecule has 2 aromatic rings. The van der Waals surface area contributed by atoms with Gasteiger partial charge in [0.05, 0.1) is 6.20 Å². The van der Waals surface area contributed by atoms with E-state index in [-0.39, 0.29) is 0 Å². The Morgan fingerprint density at radius 1 is 1.47 bits per heavy atom. The largest absolute Gasteiger partial charge is 0.361 e. The van der Waals surface area contributed by atoms with Crippen molar-refractivity contribution in [3.63, 3.8) is 0 Å². The van der Waals surface area contributed by atoms with Gasteiger partial charge >= 0.3 is 0 Å². The maximum atomic E-state index is 8.68. The first-order valence-electron chi connectivity index (χ1n) is 5.43. The summed E-state index contributed by atoms with van der Waals surface area (Å²) in [6.07, 6.45) is 2.56. The number of benzene rings is 1. The van der Waals surface area contributed by atoms with Crippen LogP contribution in [0.5, 0.6) is 0 Å². The third kappa shape index (κ3) is 3.30. The van der Waals surface area contributed by atoms with Gasteiger partial charge in [0, 0.05) is 6.54 Å². The Morgan fingerprint density at radius 2 is 2.35 bits per heavy atom. The molecule has 0 unspecified atom stereocenters. The molecule has 0 spiro atoms. The zero-order valence-electron chi connectivity index (χ0n) is 9.60. The number of anilines is 1. The fourth-order valence-electron chi connectivity index (χ4n) is 1.59. The number of rotatable bonds is 4. The second kappa shape index (κ2) is 5.46. The summed E-state index contributed by atoms with van der Waals surface area (Å²) < 4.78 is 0. The van der Waals surface area contributed by atoms with Crippen molar-refractivity contribution in [1.29, 1.82) is 5.26 Å². The summed E-state index contributed by atoms with van der Waals surface area (Å²) in [5.74, 6) is 0. The number of aryl methyl sites for hydroxylation is 1. The van der Waals surface area contributed by atoms with E-state index < -0.39 is 0 Å². The Kier molecular flexibility index (Phi) is 3.73. The van der Waals surface area contributed by atoms with Crippen LogP contribution in [0.2, 0.25) is 0 Å².